The highest BCUT2D eigenvalue weighted by Crippen LogP contribution is 2.24. The molecule has 0 fully saturated rings. The molecule has 0 saturated heterocycles. The fourth-order valence-electron chi connectivity index (χ4n) is 1.49. The zero-order valence-corrected chi connectivity index (χ0v) is 11.2. The number of hydrogen-bond acceptors (Lipinski definition) is 5. The maximum absolute atomic E-state index is 12.0. The first-order chi connectivity index (χ1) is 8.40. The van der Waals surface area contributed by atoms with Crippen molar-refractivity contribution in [2.75, 3.05) is 0 Å². The summed E-state index contributed by atoms with van der Waals surface area (Å²) < 4.78 is 33.9. The molecular weight excluding hydrogens is 278 g/mol. The molecule has 0 aliphatic rings. The molecule has 0 saturated carbocycles. The van der Waals surface area contributed by atoms with Crippen LogP contribution in [0.1, 0.15) is 11.5 Å². The number of rotatable bonds is 3. The van der Waals surface area contributed by atoms with Gasteiger partial charge in [-0.3, -0.25) is 0 Å². The Balaban J connectivity index is 2.36. The molecule has 0 bridgehead atoms. The average Bonchev–Trinajstić information content (AvgIpc) is 2.62. The van der Waals surface area contributed by atoms with E-state index in [1.165, 1.54) is 26.0 Å². The average molecular weight is 288 g/mol. The quantitative estimate of drug-likeness (QED) is 0.812. The summed E-state index contributed by atoms with van der Waals surface area (Å²) in [6.07, 6.45) is 0. The molecule has 1 heterocycles. The second kappa shape index (κ2) is 4.62. The number of halogens is 1. The second-order valence-corrected chi connectivity index (χ2v) is 5.56. The number of aromatic nitrogens is 1. The van der Waals surface area contributed by atoms with Crippen molar-refractivity contribution in [3.8, 4) is 5.75 Å². The van der Waals surface area contributed by atoms with Gasteiger partial charge in [0.15, 0.2) is 10.7 Å². The predicted octanol–water partition coefficient (Wildman–Crippen LogP) is 2.71. The van der Waals surface area contributed by atoms with Crippen LogP contribution in [0.5, 0.6) is 5.75 Å². The highest BCUT2D eigenvalue weighted by atomic mass is 35.5. The Morgan fingerprint density at radius 1 is 1.22 bits per heavy atom. The lowest BCUT2D eigenvalue weighted by atomic mass is 10.3. The van der Waals surface area contributed by atoms with Gasteiger partial charge in [-0.2, -0.15) is 8.42 Å². The minimum Gasteiger partial charge on any atom is -0.379 e. The number of hydrogen-bond donors (Lipinski definition) is 0. The van der Waals surface area contributed by atoms with E-state index in [-0.39, 0.29) is 22.1 Å². The molecule has 0 atom stereocenters. The first kappa shape index (κ1) is 12.9. The third-order valence-corrected chi connectivity index (χ3v) is 3.98. The molecule has 18 heavy (non-hydrogen) atoms. The zero-order chi connectivity index (χ0) is 13.3. The van der Waals surface area contributed by atoms with Crippen molar-refractivity contribution >= 4 is 21.7 Å². The van der Waals surface area contributed by atoms with E-state index in [0.717, 1.165) is 0 Å². The van der Waals surface area contributed by atoms with Crippen LogP contribution in [0, 0.1) is 13.8 Å². The van der Waals surface area contributed by atoms with Gasteiger partial charge in [0, 0.05) is 5.02 Å². The van der Waals surface area contributed by atoms with Crippen LogP contribution in [0.15, 0.2) is 33.7 Å². The van der Waals surface area contributed by atoms with E-state index in [1.54, 1.807) is 12.1 Å². The van der Waals surface area contributed by atoms with Crippen LogP contribution in [0.4, 0.5) is 0 Å². The highest BCUT2D eigenvalue weighted by Gasteiger charge is 2.26. The molecule has 0 aliphatic carbocycles. The Hall–Kier alpha value is -1.53. The highest BCUT2D eigenvalue weighted by molar-refractivity contribution is 7.87. The van der Waals surface area contributed by atoms with Crippen LogP contribution in [-0.2, 0) is 10.1 Å². The minimum atomic E-state index is -3.94. The van der Waals surface area contributed by atoms with E-state index in [4.69, 9.17) is 20.3 Å². The van der Waals surface area contributed by atoms with Crippen LogP contribution in [-0.4, -0.2) is 13.6 Å². The van der Waals surface area contributed by atoms with Crippen molar-refractivity contribution in [2.45, 2.75) is 18.7 Å². The van der Waals surface area contributed by atoms with E-state index in [2.05, 4.69) is 5.16 Å². The van der Waals surface area contributed by atoms with Crippen LogP contribution in [0.25, 0.3) is 0 Å². The standard InChI is InChI=1S/C11H10ClNO4S/c1-7-11(8(2)16-13-7)18(14,15)17-10-5-3-9(12)4-6-10/h3-6H,1-2H3. The molecule has 0 aliphatic heterocycles. The van der Waals surface area contributed by atoms with Crippen LogP contribution < -0.4 is 4.18 Å². The van der Waals surface area contributed by atoms with Gasteiger partial charge in [-0.25, -0.2) is 0 Å². The maximum Gasteiger partial charge on any atom is 0.344 e. The fourth-order valence-corrected chi connectivity index (χ4v) is 2.85. The lowest BCUT2D eigenvalue weighted by Gasteiger charge is -2.06. The van der Waals surface area contributed by atoms with Gasteiger partial charge in [-0.1, -0.05) is 16.8 Å². The Morgan fingerprint density at radius 3 is 2.33 bits per heavy atom. The zero-order valence-electron chi connectivity index (χ0n) is 9.68. The lowest BCUT2D eigenvalue weighted by Crippen LogP contribution is -2.11. The molecular formula is C11H10ClNO4S. The van der Waals surface area contributed by atoms with E-state index in [9.17, 15) is 8.42 Å². The van der Waals surface area contributed by atoms with Gasteiger partial charge >= 0.3 is 10.1 Å². The van der Waals surface area contributed by atoms with E-state index >= 15 is 0 Å². The Kier molecular flexibility index (Phi) is 3.32. The van der Waals surface area contributed by atoms with Gasteiger partial charge in [0.05, 0.1) is 0 Å². The van der Waals surface area contributed by atoms with Gasteiger partial charge in [0.1, 0.15) is 11.4 Å². The molecule has 2 aromatic rings. The largest absolute Gasteiger partial charge is 0.379 e. The molecule has 0 unspecified atom stereocenters. The molecule has 7 heteroatoms. The first-order valence-corrected chi connectivity index (χ1v) is 6.82. The Labute approximate surface area is 109 Å². The Bertz CT molecular complexity index is 641. The lowest BCUT2D eigenvalue weighted by molar-refractivity contribution is 0.390. The van der Waals surface area contributed by atoms with Gasteiger partial charge < -0.3 is 8.71 Å². The van der Waals surface area contributed by atoms with Crippen molar-refractivity contribution in [1.29, 1.82) is 0 Å². The van der Waals surface area contributed by atoms with E-state index in [1.807, 2.05) is 0 Å². The third kappa shape index (κ3) is 2.49. The molecule has 1 aromatic carbocycles. The van der Waals surface area contributed by atoms with Crippen molar-refractivity contribution < 1.29 is 17.1 Å². The molecule has 2 rings (SSSR count). The molecule has 0 radical (unpaired) electrons. The topological polar surface area (TPSA) is 69.4 Å². The van der Waals surface area contributed by atoms with Crippen LogP contribution >= 0.6 is 11.6 Å². The van der Waals surface area contributed by atoms with Crippen molar-refractivity contribution in [2.24, 2.45) is 0 Å². The van der Waals surface area contributed by atoms with Crippen LogP contribution in [0.2, 0.25) is 5.02 Å². The van der Waals surface area contributed by atoms with Crippen molar-refractivity contribution in [1.82, 2.24) is 5.16 Å². The van der Waals surface area contributed by atoms with Crippen molar-refractivity contribution in [3.63, 3.8) is 0 Å². The first-order valence-electron chi connectivity index (χ1n) is 5.03. The number of aryl methyl sites for hydroxylation is 2. The van der Waals surface area contributed by atoms with Gasteiger partial charge in [0.2, 0.25) is 0 Å². The summed E-state index contributed by atoms with van der Waals surface area (Å²) in [7, 11) is -3.94. The summed E-state index contributed by atoms with van der Waals surface area (Å²) in [5.41, 5.74) is 0.265. The summed E-state index contributed by atoms with van der Waals surface area (Å²) in [4.78, 5) is -0.0440. The minimum absolute atomic E-state index is 0.0440. The summed E-state index contributed by atoms with van der Waals surface area (Å²) in [5.74, 6) is 0.376. The molecule has 0 amide bonds. The van der Waals surface area contributed by atoms with E-state index in [0.29, 0.717) is 5.02 Å². The van der Waals surface area contributed by atoms with Crippen LogP contribution in [0.3, 0.4) is 0 Å². The Morgan fingerprint density at radius 2 is 1.83 bits per heavy atom. The second-order valence-electron chi connectivity index (χ2n) is 3.64. The summed E-state index contributed by atoms with van der Waals surface area (Å²) in [6, 6.07) is 6.02. The fraction of sp³-hybridized carbons (Fsp3) is 0.182. The molecule has 5 nitrogen and oxygen atoms in total. The van der Waals surface area contributed by atoms with E-state index < -0.39 is 10.1 Å². The predicted molar refractivity (Wildman–Crippen MR) is 65.2 cm³/mol. The summed E-state index contributed by atoms with van der Waals surface area (Å²) in [6.45, 7) is 3.05. The SMILES string of the molecule is Cc1noc(C)c1S(=O)(=O)Oc1ccc(Cl)cc1. The third-order valence-electron chi connectivity index (χ3n) is 2.24. The normalized spacial score (nSPS) is 11.5. The monoisotopic (exact) mass is 287 g/mol. The van der Waals surface area contributed by atoms with Gasteiger partial charge in [0.25, 0.3) is 0 Å². The van der Waals surface area contributed by atoms with Gasteiger partial charge in [-0.05, 0) is 38.1 Å². The maximum atomic E-state index is 12.0. The van der Waals surface area contributed by atoms with Crippen molar-refractivity contribution in [3.05, 3.63) is 40.7 Å². The molecule has 1 aromatic heterocycles. The number of benzene rings is 1. The summed E-state index contributed by atoms with van der Waals surface area (Å²) >= 11 is 5.70. The molecule has 0 spiro atoms. The summed E-state index contributed by atoms with van der Waals surface area (Å²) in [5, 5.41) is 4.08. The number of nitrogens with zero attached hydrogens (tertiary/aromatic N) is 1. The molecule has 96 valence electrons. The smallest absolute Gasteiger partial charge is 0.344 e. The molecule has 0 N–H and O–H groups in total. The van der Waals surface area contributed by atoms with Gasteiger partial charge in [-0.15, -0.1) is 0 Å².